The first-order valence-corrected chi connectivity index (χ1v) is 14.6. The number of aliphatic hydroxyl groups excluding tert-OH is 1. The Morgan fingerprint density at radius 1 is 1.02 bits per heavy atom. The normalized spacial score (nSPS) is 14.9. The molecule has 1 unspecified atom stereocenters. The minimum absolute atomic E-state index is 0.0782. The number of nitrogens with two attached hydrogens (primary N) is 1. The average Bonchev–Trinajstić information content (AvgIpc) is 3.29. The first kappa shape index (κ1) is 28.8. The Balaban J connectivity index is 1.22. The Labute approximate surface area is 254 Å². The lowest BCUT2D eigenvalue weighted by Gasteiger charge is -2.32. The Bertz CT molecular complexity index is 1860. The van der Waals surface area contributed by atoms with E-state index in [0.29, 0.717) is 34.2 Å². The second kappa shape index (κ2) is 12.1. The molecule has 0 radical (unpaired) electrons. The standard InChI is InChI=1S/C33H34N8O3/c1-21-29(33(44)41(39(21)2)25-9-4-3-5-10-25)32(43)36-24-15-13-23(14-16-24)30-31(34)35-18-27(38-30)26-11-6-12-28(37-26)40-17-7-8-22(19-40)20-42/h3-6,9-16,18,22,42H,7-8,17,19-20H2,1-2H3,(H2,34,35)(H,36,43). The zero-order valence-electron chi connectivity index (χ0n) is 24.6. The van der Waals surface area contributed by atoms with E-state index in [-0.39, 0.29) is 23.9 Å². The topological polar surface area (TPSA) is 144 Å². The highest BCUT2D eigenvalue weighted by Crippen LogP contribution is 2.28. The van der Waals surface area contributed by atoms with Crippen LogP contribution in [0.4, 0.5) is 17.3 Å². The Morgan fingerprint density at radius 3 is 2.55 bits per heavy atom. The molecule has 1 atom stereocenters. The van der Waals surface area contributed by atoms with Crippen molar-refractivity contribution in [3.05, 3.63) is 101 Å². The maximum absolute atomic E-state index is 13.2. The zero-order valence-corrected chi connectivity index (χ0v) is 24.6. The number of pyridine rings is 1. The smallest absolute Gasteiger partial charge is 0.284 e. The molecule has 1 amide bonds. The van der Waals surface area contributed by atoms with Gasteiger partial charge in [0.25, 0.3) is 11.5 Å². The van der Waals surface area contributed by atoms with E-state index in [9.17, 15) is 14.7 Å². The number of rotatable bonds is 7. The molecule has 1 saturated heterocycles. The van der Waals surface area contributed by atoms with Crippen LogP contribution in [0.15, 0.2) is 83.8 Å². The van der Waals surface area contributed by atoms with Gasteiger partial charge in [0.05, 0.1) is 23.3 Å². The van der Waals surface area contributed by atoms with Crippen LogP contribution < -0.4 is 21.5 Å². The predicted octanol–water partition coefficient (Wildman–Crippen LogP) is 4.05. The number of hydrogen-bond acceptors (Lipinski definition) is 8. The summed E-state index contributed by atoms with van der Waals surface area (Å²) in [6.07, 6.45) is 3.63. The highest BCUT2D eigenvalue weighted by atomic mass is 16.3. The van der Waals surface area contributed by atoms with Crippen molar-refractivity contribution in [3.8, 4) is 28.3 Å². The van der Waals surface area contributed by atoms with Crippen LogP contribution in [0.25, 0.3) is 28.3 Å². The van der Waals surface area contributed by atoms with E-state index >= 15 is 0 Å². The SMILES string of the molecule is Cc1c(C(=O)Nc2ccc(-c3nc(-c4cccc(N5CCCC(CO)C5)n4)cnc3N)cc2)c(=O)n(-c2ccccc2)n1C. The minimum Gasteiger partial charge on any atom is -0.396 e. The van der Waals surface area contributed by atoms with Crippen molar-refractivity contribution < 1.29 is 9.90 Å². The van der Waals surface area contributed by atoms with E-state index in [0.717, 1.165) is 37.3 Å². The number of anilines is 3. The summed E-state index contributed by atoms with van der Waals surface area (Å²) in [5, 5.41) is 12.5. The molecule has 1 aliphatic rings. The van der Waals surface area contributed by atoms with Gasteiger partial charge in [-0.05, 0) is 62.1 Å². The number of amides is 1. The number of hydrogen-bond donors (Lipinski definition) is 3. The molecule has 44 heavy (non-hydrogen) atoms. The Hall–Kier alpha value is -5.29. The van der Waals surface area contributed by atoms with Crippen LogP contribution in [-0.4, -0.2) is 55.0 Å². The molecule has 224 valence electrons. The average molecular weight is 591 g/mol. The summed E-state index contributed by atoms with van der Waals surface area (Å²) in [6.45, 7) is 3.57. The van der Waals surface area contributed by atoms with Crippen LogP contribution in [-0.2, 0) is 7.05 Å². The molecule has 0 saturated carbocycles. The summed E-state index contributed by atoms with van der Waals surface area (Å²) >= 11 is 0. The Kier molecular flexibility index (Phi) is 7.95. The van der Waals surface area contributed by atoms with E-state index in [2.05, 4.69) is 15.2 Å². The van der Waals surface area contributed by atoms with Crippen molar-refractivity contribution in [2.45, 2.75) is 19.8 Å². The highest BCUT2D eigenvalue weighted by Gasteiger charge is 2.23. The quantitative estimate of drug-likeness (QED) is 0.258. The van der Waals surface area contributed by atoms with Gasteiger partial charge in [-0.1, -0.05) is 36.4 Å². The number of piperidine rings is 1. The van der Waals surface area contributed by atoms with Crippen molar-refractivity contribution in [3.63, 3.8) is 0 Å². The molecule has 0 spiro atoms. The van der Waals surface area contributed by atoms with Gasteiger partial charge in [-0.3, -0.25) is 14.3 Å². The Morgan fingerprint density at radius 2 is 1.80 bits per heavy atom. The summed E-state index contributed by atoms with van der Waals surface area (Å²) < 4.78 is 3.15. The zero-order chi connectivity index (χ0) is 30.8. The van der Waals surface area contributed by atoms with E-state index in [4.69, 9.17) is 15.7 Å². The number of nitrogens with one attached hydrogen (secondary N) is 1. The number of carbonyl (C=O) groups is 1. The fourth-order valence-corrected chi connectivity index (χ4v) is 5.63. The second-order valence-electron chi connectivity index (χ2n) is 11.0. The predicted molar refractivity (Wildman–Crippen MR) is 171 cm³/mol. The lowest BCUT2D eigenvalue weighted by atomic mass is 9.99. The van der Waals surface area contributed by atoms with E-state index < -0.39 is 11.5 Å². The maximum Gasteiger partial charge on any atom is 0.284 e. The maximum atomic E-state index is 13.2. The number of para-hydroxylation sites is 1. The molecule has 1 aliphatic heterocycles. The van der Waals surface area contributed by atoms with E-state index in [1.807, 2.05) is 48.5 Å². The van der Waals surface area contributed by atoms with Gasteiger partial charge in [-0.25, -0.2) is 19.6 Å². The van der Waals surface area contributed by atoms with Crippen LogP contribution >= 0.6 is 0 Å². The molecular weight excluding hydrogens is 556 g/mol. The van der Waals surface area contributed by atoms with E-state index in [1.165, 1.54) is 4.68 Å². The van der Waals surface area contributed by atoms with Crippen molar-refractivity contribution in [1.82, 2.24) is 24.3 Å². The monoisotopic (exact) mass is 590 g/mol. The minimum atomic E-state index is -0.489. The number of benzene rings is 2. The summed E-state index contributed by atoms with van der Waals surface area (Å²) in [4.78, 5) is 42.7. The molecule has 6 rings (SSSR count). The van der Waals surface area contributed by atoms with Crippen molar-refractivity contribution in [1.29, 1.82) is 0 Å². The first-order chi connectivity index (χ1) is 21.3. The second-order valence-corrected chi connectivity index (χ2v) is 11.0. The van der Waals surface area contributed by atoms with E-state index in [1.54, 1.807) is 49.1 Å². The van der Waals surface area contributed by atoms with Crippen molar-refractivity contribution >= 4 is 23.2 Å². The number of nitrogen functional groups attached to an aromatic ring is 1. The lowest BCUT2D eigenvalue weighted by molar-refractivity contribution is 0.102. The van der Waals surface area contributed by atoms with Crippen molar-refractivity contribution in [2.75, 3.05) is 35.6 Å². The fraction of sp³-hybridized carbons (Fsp3) is 0.242. The summed E-state index contributed by atoms with van der Waals surface area (Å²) in [7, 11) is 1.75. The van der Waals surface area contributed by atoms with Gasteiger partial charge in [0.1, 0.15) is 28.6 Å². The lowest BCUT2D eigenvalue weighted by Crippen LogP contribution is -2.37. The molecule has 3 aromatic heterocycles. The van der Waals surface area contributed by atoms with Gasteiger partial charge in [0.15, 0.2) is 0 Å². The van der Waals surface area contributed by atoms with Gasteiger partial charge < -0.3 is 21.1 Å². The molecule has 0 aliphatic carbocycles. The molecule has 11 heteroatoms. The van der Waals surface area contributed by atoms with Gasteiger partial charge in [0, 0.05) is 38.0 Å². The molecular formula is C33H34N8O3. The third-order valence-corrected chi connectivity index (χ3v) is 8.10. The number of aromatic nitrogens is 5. The van der Waals surface area contributed by atoms with Crippen LogP contribution in [0.5, 0.6) is 0 Å². The highest BCUT2D eigenvalue weighted by molar-refractivity contribution is 6.05. The number of nitrogens with zero attached hydrogens (tertiary/aromatic N) is 6. The summed E-state index contributed by atoms with van der Waals surface area (Å²) in [5.74, 6) is 0.862. The number of aliphatic hydroxyl groups is 1. The molecule has 0 bridgehead atoms. The molecule has 1 fully saturated rings. The summed E-state index contributed by atoms with van der Waals surface area (Å²) in [6, 6.07) is 22.1. The first-order valence-electron chi connectivity index (χ1n) is 14.6. The number of carbonyl (C=O) groups excluding carboxylic acids is 1. The summed E-state index contributed by atoms with van der Waals surface area (Å²) in [5.41, 5.74) is 10.1. The van der Waals surface area contributed by atoms with Gasteiger partial charge in [0.2, 0.25) is 0 Å². The molecule has 4 N–H and O–H groups in total. The van der Waals surface area contributed by atoms with Gasteiger partial charge in [-0.15, -0.1) is 0 Å². The van der Waals surface area contributed by atoms with Crippen LogP contribution in [0.2, 0.25) is 0 Å². The third-order valence-electron chi connectivity index (χ3n) is 8.10. The van der Waals surface area contributed by atoms with Crippen molar-refractivity contribution in [2.24, 2.45) is 13.0 Å². The fourth-order valence-electron chi connectivity index (χ4n) is 5.63. The van der Waals surface area contributed by atoms with Crippen LogP contribution in [0.3, 0.4) is 0 Å². The third kappa shape index (κ3) is 5.57. The van der Waals surface area contributed by atoms with Crippen LogP contribution in [0, 0.1) is 12.8 Å². The molecule has 5 aromatic rings. The molecule has 4 heterocycles. The van der Waals surface area contributed by atoms with Gasteiger partial charge >= 0.3 is 0 Å². The molecule has 2 aromatic carbocycles. The van der Waals surface area contributed by atoms with Crippen LogP contribution in [0.1, 0.15) is 28.9 Å². The largest absolute Gasteiger partial charge is 0.396 e. The molecule has 11 nitrogen and oxygen atoms in total. The van der Waals surface area contributed by atoms with Gasteiger partial charge in [-0.2, -0.15) is 0 Å².